The molecule has 9 nitrogen and oxygen atoms in total. The molecule has 1 aliphatic rings. The number of anilines is 1. The summed E-state index contributed by atoms with van der Waals surface area (Å²) in [6.45, 7) is 0.0842. The van der Waals surface area contributed by atoms with E-state index in [0.29, 0.717) is 29.1 Å². The standard InChI is InChI=1S/C19H24N4O5/c1-23(11-16-21-18(28-22-16)13-5-3-4-6-13)19(25)20-14-7-9-15(10-8-14)27-12-17(24)26-2/h7-10,13H,3-6,11-12H2,1-2H3,(H,20,25). The van der Waals surface area contributed by atoms with Gasteiger partial charge in [0.1, 0.15) is 5.75 Å². The highest BCUT2D eigenvalue weighted by Gasteiger charge is 2.23. The van der Waals surface area contributed by atoms with E-state index in [9.17, 15) is 9.59 Å². The third-order valence-electron chi connectivity index (χ3n) is 4.60. The summed E-state index contributed by atoms with van der Waals surface area (Å²) >= 11 is 0. The fraction of sp³-hybridized carbons (Fsp3) is 0.474. The maximum absolute atomic E-state index is 12.4. The normalized spacial score (nSPS) is 13.9. The fourth-order valence-electron chi connectivity index (χ4n) is 3.01. The maximum atomic E-state index is 12.4. The Morgan fingerprint density at radius 3 is 2.64 bits per heavy atom. The Bertz CT molecular complexity index is 799. The molecule has 0 bridgehead atoms. The number of benzene rings is 1. The van der Waals surface area contributed by atoms with Crippen molar-refractivity contribution in [2.75, 3.05) is 26.1 Å². The van der Waals surface area contributed by atoms with Crippen LogP contribution < -0.4 is 10.1 Å². The van der Waals surface area contributed by atoms with Gasteiger partial charge in [-0.15, -0.1) is 0 Å². The number of esters is 1. The first-order chi connectivity index (χ1) is 13.5. The lowest BCUT2D eigenvalue weighted by Crippen LogP contribution is -2.31. The second-order valence-corrected chi connectivity index (χ2v) is 6.71. The minimum absolute atomic E-state index is 0.168. The first-order valence-electron chi connectivity index (χ1n) is 9.19. The van der Waals surface area contributed by atoms with Crippen LogP contribution in [0.2, 0.25) is 0 Å². The van der Waals surface area contributed by atoms with Crippen LogP contribution in [-0.4, -0.2) is 47.8 Å². The first-order valence-corrected chi connectivity index (χ1v) is 9.19. The van der Waals surface area contributed by atoms with Gasteiger partial charge < -0.3 is 24.2 Å². The van der Waals surface area contributed by atoms with Crippen molar-refractivity contribution in [1.29, 1.82) is 0 Å². The van der Waals surface area contributed by atoms with Gasteiger partial charge in [0, 0.05) is 18.7 Å². The van der Waals surface area contributed by atoms with E-state index in [1.165, 1.54) is 24.9 Å². The highest BCUT2D eigenvalue weighted by atomic mass is 16.6. The lowest BCUT2D eigenvalue weighted by Gasteiger charge is -2.16. The molecule has 1 saturated carbocycles. The van der Waals surface area contributed by atoms with Crippen LogP contribution in [0, 0.1) is 0 Å². The van der Waals surface area contributed by atoms with Crippen molar-refractivity contribution in [3.63, 3.8) is 0 Å². The zero-order valence-corrected chi connectivity index (χ0v) is 16.0. The van der Waals surface area contributed by atoms with Gasteiger partial charge in [-0.25, -0.2) is 9.59 Å². The molecule has 9 heteroatoms. The number of rotatable bonds is 7. The minimum atomic E-state index is -0.462. The number of nitrogens with one attached hydrogen (secondary N) is 1. The first kappa shape index (κ1) is 19.7. The predicted molar refractivity (Wildman–Crippen MR) is 99.9 cm³/mol. The predicted octanol–water partition coefficient (Wildman–Crippen LogP) is 2.94. The molecule has 2 amide bonds. The highest BCUT2D eigenvalue weighted by molar-refractivity contribution is 5.89. The monoisotopic (exact) mass is 388 g/mol. The van der Waals surface area contributed by atoms with Crippen LogP contribution >= 0.6 is 0 Å². The Labute approximate surface area is 163 Å². The lowest BCUT2D eigenvalue weighted by molar-refractivity contribution is -0.142. The average molecular weight is 388 g/mol. The molecule has 0 saturated heterocycles. The molecule has 28 heavy (non-hydrogen) atoms. The number of aromatic nitrogens is 2. The summed E-state index contributed by atoms with van der Waals surface area (Å²) in [4.78, 5) is 29.3. The summed E-state index contributed by atoms with van der Waals surface area (Å²) in [5.74, 6) is 1.55. The summed E-state index contributed by atoms with van der Waals surface area (Å²) in [5.41, 5.74) is 0.599. The summed E-state index contributed by atoms with van der Waals surface area (Å²) in [6, 6.07) is 6.39. The number of carbonyl (C=O) groups excluding carboxylic acids is 2. The van der Waals surface area contributed by atoms with Crippen molar-refractivity contribution >= 4 is 17.7 Å². The van der Waals surface area contributed by atoms with Gasteiger partial charge in [-0.05, 0) is 37.1 Å². The quantitative estimate of drug-likeness (QED) is 0.727. The fourth-order valence-corrected chi connectivity index (χ4v) is 3.01. The average Bonchev–Trinajstić information content (AvgIpc) is 3.38. The third-order valence-corrected chi connectivity index (χ3v) is 4.60. The SMILES string of the molecule is COC(=O)COc1ccc(NC(=O)N(C)Cc2noc(C3CCCC3)n2)cc1. The van der Waals surface area contributed by atoms with Crippen LogP contribution in [0.15, 0.2) is 28.8 Å². The largest absolute Gasteiger partial charge is 0.482 e. The Balaban J connectivity index is 1.49. The minimum Gasteiger partial charge on any atom is -0.482 e. The van der Waals surface area contributed by atoms with Crippen molar-refractivity contribution < 1.29 is 23.6 Å². The second kappa shape index (κ2) is 9.20. The molecule has 0 unspecified atom stereocenters. The number of hydrogen-bond donors (Lipinski definition) is 1. The van der Waals surface area contributed by atoms with Gasteiger partial charge in [-0.2, -0.15) is 4.98 Å². The molecule has 0 radical (unpaired) electrons. The smallest absolute Gasteiger partial charge is 0.343 e. The number of nitrogens with zero attached hydrogens (tertiary/aromatic N) is 3. The van der Waals surface area contributed by atoms with Crippen molar-refractivity contribution in [2.45, 2.75) is 38.1 Å². The molecule has 3 rings (SSSR count). The van der Waals surface area contributed by atoms with Crippen molar-refractivity contribution in [3.05, 3.63) is 36.0 Å². The van der Waals surface area contributed by atoms with Crippen LogP contribution in [0.25, 0.3) is 0 Å². The molecule has 2 aromatic rings. The van der Waals surface area contributed by atoms with Crippen LogP contribution in [0.1, 0.15) is 43.3 Å². The number of ether oxygens (including phenoxy) is 2. The lowest BCUT2D eigenvalue weighted by atomic mass is 10.1. The molecule has 150 valence electrons. The van der Waals surface area contributed by atoms with Gasteiger partial charge in [-0.1, -0.05) is 18.0 Å². The summed E-state index contributed by atoms with van der Waals surface area (Å²) in [7, 11) is 2.96. The van der Waals surface area contributed by atoms with E-state index in [-0.39, 0.29) is 19.2 Å². The van der Waals surface area contributed by atoms with Crippen LogP contribution in [0.5, 0.6) is 5.75 Å². The number of hydrogen-bond acceptors (Lipinski definition) is 7. The van der Waals surface area contributed by atoms with E-state index in [4.69, 9.17) is 9.26 Å². The van der Waals surface area contributed by atoms with Gasteiger partial charge >= 0.3 is 12.0 Å². The molecule has 1 fully saturated rings. The Hall–Kier alpha value is -3.10. The van der Waals surface area contributed by atoms with Crippen molar-refractivity contribution in [3.8, 4) is 5.75 Å². The molecule has 0 atom stereocenters. The molecular weight excluding hydrogens is 364 g/mol. The van der Waals surface area contributed by atoms with E-state index in [1.807, 2.05) is 0 Å². The molecule has 0 aliphatic heterocycles. The van der Waals surface area contributed by atoms with Gasteiger partial charge in [0.05, 0.1) is 13.7 Å². The van der Waals surface area contributed by atoms with Crippen LogP contribution in [0.4, 0.5) is 10.5 Å². The van der Waals surface area contributed by atoms with E-state index < -0.39 is 5.97 Å². The molecule has 1 aromatic heterocycles. The zero-order valence-electron chi connectivity index (χ0n) is 16.0. The summed E-state index contributed by atoms with van der Waals surface area (Å²) < 4.78 is 15.1. The summed E-state index contributed by atoms with van der Waals surface area (Å²) in [5, 5.41) is 6.76. The zero-order chi connectivity index (χ0) is 19.9. The van der Waals surface area contributed by atoms with E-state index >= 15 is 0 Å². The molecule has 1 heterocycles. The van der Waals surface area contributed by atoms with E-state index in [2.05, 4.69) is 20.2 Å². The second-order valence-electron chi connectivity index (χ2n) is 6.71. The summed E-state index contributed by atoms with van der Waals surface area (Å²) in [6.07, 6.45) is 4.54. The molecular formula is C19H24N4O5. The van der Waals surface area contributed by atoms with Gasteiger partial charge in [-0.3, -0.25) is 0 Å². The number of carbonyl (C=O) groups is 2. The molecule has 1 aromatic carbocycles. The van der Waals surface area contributed by atoms with E-state index in [1.54, 1.807) is 31.3 Å². The van der Waals surface area contributed by atoms with Gasteiger partial charge in [0.2, 0.25) is 5.89 Å². The maximum Gasteiger partial charge on any atom is 0.343 e. The van der Waals surface area contributed by atoms with Gasteiger partial charge in [0.25, 0.3) is 0 Å². The Morgan fingerprint density at radius 2 is 1.96 bits per heavy atom. The topological polar surface area (TPSA) is 107 Å². The Kier molecular flexibility index (Phi) is 6.46. The number of urea groups is 1. The molecule has 1 N–H and O–H groups in total. The Morgan fingerprint density at radius 1 is 1.25 bits per heavy atom. The van der Waals surface area contributed by atoms with Gasteiger partial charge in [0.15, 0.2) is 12.4 Å². The number of methoxy groups -OCH3 is 1. The van der Waals surface area contributed by atoms with Crippen LogP contribution in [0.3, 0.4) is 0 Å². The number of amides is 2. The van der Waals surface area contributed by atoms with E-state index in [0.717, 1.165) is 12.8 Å². The van der Waals surface area contributed by atoms with Crippen molar-refractivity contribution in [2.24, 2.45) is 0 Å². The van der Waals surface area contributed by atoms with Crippen LogP contribution in [-0.2, 0) is 16.1 Å². The highest BCUT2D eigenvalue weighted by Crippen LogP contribution is 2.32. The third kappa shape index (κ3) is 5.21. The van der Waals surface area contributed by atoms with Crippen molar-refractivity contribution in [1.82, 2.24) is 15.0 Å². The molecule has 1 aliphatic carbocycles. The molecule has 0 spiro atoms.